The van der Waals surface area contributed by atoms with Crippen LogP contribution in [0.25, 0.3) is 11.2 Å². The number of aromatic amines is 2. The van der Waals surface area contributed by atoms with Crippen LogP contribution >= 0.6 is 0 Å². The van der Waals surface area contributed by atoms with Crippen molar-refractivity contribution in [1.29, 1.82) is 0 Å². The third kappa shape index (κ3) is 0.831. The molecule has 0 saturated heterocycles. The van der Waals surface area contributed by atoms with Gasteiger partial charge in [0.1, 0.15) is 0 Å². The quantitative estimate of drug-likeness (QED) is 0.521. The highest BCUT2D eigenvalue weighted by Gasteiger charge is 2.03. The Morgan fingerprint density at radius 2 is 2.42 bits per heavy atom. The number of hydrogen-bond donors (Lipinski definition) is 3. The van der Waals surface area contributed by atoms with Gasteiger partial charge in [-0.3, -0.25) is 9.78 Å². The number of imidazole rings is 1. The summed E-state index contributed by atoms with van der Waals surface area (Å²) >= 11 is 0. The van der Waals surface area contributed by atoms with E-state index in [0.717, 1.165) is 0 Å². The third-order valence-electron chi connectivity index (χ3n) is 1.39. The highest BCUT2D eigenvalue weighted by molar-refractivity contribution is 5.69. The maximum Gasteiger partial charge on any atom is 0.278 e. The summed E-state index contributed by atoms with van der Waals surface area (Å²) in [6, 6.07) is 0. The average Bonchev–Trinajstić information content (AvgIpc) is 2.52. The Hall–Kier alpha value is -1.92. The summed E-state index contributed by atoms with van der Waals surface area (Å²) in [5.41, 5.74) is 1.18. The lowest BCUT2D eigenvalue weighted by atomic mass is 10.5. The molecule has 0 amide bonds. The van der Waals surface area contributed by atoms with E-state index in [0.29, 0.717) is 0 Å². The molecule has 0 aliphatic carbocycles. The van der Waals surface area contributed by atoms with E-state index in [9.17, 15) is 9.28 Å². The summed E-state index contributed by atoms with van der Waals surface area (Å²) in [6.45, 7) is 0. The normalized spacial score (nSPS) is 10.4. The molecule has 62 valence electrons. The topological polar surface area (TPSA) is 86.5 Å². The number of halogens is 1. The van der Waals surface area contributed by atoms with Crippen molar-refractivity contribution in [3.63, 3.8) is 0 Å². The zero-order valence-corrected chi connectivity index (χ0v) is 5.76. The molecule has 2 aromatic heterocycles. The second-order valence-electron chi connectivity index (χ2n) is 2.11. The number of H-pyrrole nitrogens is 2. The number of fused-ring (bicyclic) bond motifs is 1. The standard InChI is InChI=1S/C5H4FN5O/c6-11-5-9-3-2(4(12)10-5)7-1-8-3/h1H,(H3,7,8,9,10,11,12)/i6-1. The van der Waals surface area contributed by atoms with Gasteiger partial charge in [0.25, 0.3) is 5.56 Å². The van der Waals surface area contributed by atoms with Crippen molar-refractivity contribution in [1.82, 2.24) is 19.9 Å². The van der Waals surface area contributed by atoms with E-state index < -0.39 is 5.56 Å². The van der Waals surface area contributed by atoms with Crippen LogP contribution in [0.4, 0.5) is 10.4 Å². The maximum atomic E-state index is 11.8. The van der Waals surface area contributed by atoms with Crippen molar-refractivity contribution in [2.75, 3.05) is 5.54 Å². The first-order valence-corrected chi connectivity index (χ1v) is 3.11. The van der Waals surface area contributed by atoms with E-state index >= 15 is 0 Å². The lowest BCUT2D eigenvalue weighted by Gasteiger charge is -1.92. The smallest absolute Gasteiger partial charge is 0.278 e. The van der Waals surface area contributed by atoms with Crippen LogP contribution in [-0.2, 0) is 0 Å². The Labute approximate surface area is 64.8 Å². The van der Waals surface area contributed by atoms with Crippen LogP contribution in [0.2, 0.25) is 0 Å². The van der Waals surface area contributed by atoms with Crippen molar-refractivity contribution < 1.29 is 4.48 Å². The second-order valence-corrected chi connectivity index (χ2v) is 2.11. The molecular formula is C5H4FN5O. The van der Waals surface area contributed by atoms with Gasteiger partial charge in [0, 0.05) is 0 Å². The molecule has 2 aromatic rings. The molecule has 3 N–H and O–H groups in total. The predicted molar refractivity (Wildman–Crippen MR) is 39.2 cm³/mol. The van der Waals surface area contributed by atoms with Crippen LogP contribution in [0.1, 0.15) is 0 Å². The highest BCUT2D eigenvalue weighted by Crippen LogP contribution is 2.01. The molecule has 0 atom stereocenters. The highest BCUT2D eigenvalue weighted by atomic mass is 18.2. The van der Waals surface area contributed by atoms with Crippen molar-refractivity contribution in [3.05, 3.63) is 16.7 Å². The lowest BCUT2D eigenvalue weighted by Crippen LogP contribution is -2.09. The average molecular weight is 168 g/mol. The molecular weight excluding hydrogens is 164 g/mol. The van der Waals surface area contributed by atoms with Gasteiger partial charge in [-0.1, -0.05) is 0 Å². The maximum absolute atomic E-state index is 11.8. The first-order valence-electron chi connectivity index (χ1n) is 3.11. The van der Waals surface area contributed by atoms with Gasteiger partial charge >= 0.3 is 0 Å². The summed E-state index contributed by atoms with van der Waals surface area (Å²) in [4.78, 5) is 23.1. The fourth-order valence-corrected chi connectivity index (χ4v) is 0.888. The van der Waals surface area contributed by atoms with Gasteiger partial charge < -0.3 is 4.98 Å². The molecule has 2 rings (SSSR count). The lowest BCUT2D eigenvalue weighted by molar-refractivity contribution is 0.605. The van der Waals surface area contributed by atoms with E-state index in [4.69, 9.17) is 0 Å². The molecule has 7 heteroatoms. The largest absolute Gasteiger partial charge is 0.339 e. The third-order valence-corrected chi connectivity index (χ3v) is 1.39. The van der Waals surface area contributed by atoms with Crippen LogP contribution in [0.5, 0.6) is 0 Å². The molecule has 0 bridgehead atoms. The zero-order valence-electron chi connectivity index (χ0n) is 5.76. The van der Waals surface area contributed by atoms with Gasteiger partial charge in [-0.2, -0.15) is 10.5 Å². The minimum absolute atomic E-state index is 0.180. The fraction of sp³-hybridized carbons (Fsp3) is 0. The monoisotopic (exact) mass is 168 g/mol. The van der Waals surface area contributed by atoms with Gasteiger partial charge in [-0.15, -0.1) is 4.48 Å². The first kappa shape index (κ1) is 6.77. The first-order chi connectivity index (χ1) is 5.81. The summed E-state index contributed by atoms with van der Waals surface area (Å²) in [7, 11) is 0. The Morgan fingerprint density at radius 3 is 3.17 bits per heavy atom. The minimum Gasteiger partial charge on any atom is -0.339 e. The molecule has 0 radical (unpaired) electrons. The molecule has 0 spiro atoms. The van der Waals surface area contributed by atoms with Crippen molar-refractivity contribution >= 4 is 17.1 Å². The van der Waals surface area contributed by atoms with E-state index in [1.165, 1.54) is 11.9 Å². The number of nitrogens with one attached hydrogen (secondary N) is 3. The molecule has 0 unspecified atom stereocenters. The van der Waals surface area contributed by atoms with Crippen LogP contribution in [-0.4, -0.2) is 19.9 Å². The molecule has 0 aromatic carbocycles. The van der Waals surface area contributed by atoms with Gasteiger partial charge in [-0.05, 0) is 0 Å². The fourth-order valence-electron chi connectivity index (χ4n) is 0.888. The van der Waals surface area contributed by atoms with E-state index in [2.05, 4.69) is 19.9 Å². The number of aromatic nitrogens is 4. The van der Waals surface area contributed by atoms with Gasteiger partial charge in [-0.25, -0.2) is 4.98 Å². The van der Waals surface area contributed by atoms with Crippen LogP contribution in [0.15, 0.2) is 11.1 Å². The summed E-state index contributed by atoms with van der Waals surface area (Å²) in [6.07, 6.45) is 1.31. The van der Waals surface area contributed by atoms with E-state index in [1.807, 2.05) is 0 Å². The van der Waals surface area contributed by atoms with Gasteiger partial charge in [0.15, 0.2) is 11.2 Å². The Morgan fingerprint density at radius 1 is 1.58 bits per heavy atom. The van der Waals surface area contributed by atoms with E-state index in [1.54, 1.807) is 0 Å². The zero-order chi connectivity index (χ0) is 8.55. The Bertz CT molecular complexity index is 460. The number of rotatable bonds is 1. The molecule has 0 fully saturated rings. The SMILES string of the molecule is O=c1[nH]c(N[18F])nc2nc[nH]c12. The number of anilines is 1. The molecule has 2 heterocycles. The molecule has 0 aliphatic heterocycles. The summed E-state index contributed by atoms with van der Waals surface area (Å²) in [5.74, 6) is -0.250. The summed E-state index contributed by atoms with van der Waals surface area (Å²) < 4.78 is 11.8. The van der Waals surface area contributed by atoms with Crippen molar-refractivity contribution in [2.24, 2.45) is 0 Å². The van der Waals surface area contributed by atoms with Crippen molar-refractivity contribution in [3.8, 4) is 0 Å². The van der Waals surface area contributed by atoms with Crippen molar-refractivity contribution in [2.45, 2.75) is 0 Å². The van der Waals surface area contributed by atoms with E-state index in [-0.39, 0.29) is 17.1 Å². The Balaban J connectivity index is 2.84. The number of nitrogens with zero attached hydrogens (tertiary/aromatic N) is 2. The summed E-state index contributed by atoms with van der Waals surface area (Å²) in [5, 5.41) is 0. The Kier molecular flexibility index (Phi) is 1.29. The van der Waals surface area contributed by atoms with Gasteiger partial charge in [0.05, 0.1) is 6.33 Å². The minimum atomic E-state index is -0.461. The molecule has 6 nitrogen and oxygen atoms in total. The van der Waals surface area contributed by atoms with Crippen LogP contribution in [0, 0.1) is 0 Å². The molecule has 12 heavy (non-hydrogen) atoms. The molecule has 0 saturated carbocycles. The molecule has 0 aliphatic rings. The van der Waals surface area contributed by atoms with Crippen LogP contribution in [0.3, 0.4) is 0 Å². The second kappa shape index (κ2) is 2.29. The number of hydrogen-bond acceptors (Lipinski definition) is 4. The predicted octanol–water partition coefficient (Wildman–Crippen LogP) is -0.0574. The van der Waals surface area contributed by atoms with Gasteiger partial charge in [0.2, 0.25) is 5.95 Å². The van der Waals surface area contributed by atoms with Crippen LogP contribution < -0.4 is 11.1 Å².